The molecule has 0 aliphatic rings. The molecule has 0 aliphatic heterocycles. The summed E-state index contributed by atoms with van der Waals surface area (Å²) in [7, 11) is 1.69. The number of para-hydroxylation sites is 1. The van der Waals surface area contributed by atoms with Crippen LogP contribution in [0.3, 0.4) is 0 Å². The number of ether oxygens (including phenoxy) is 1. The van der Waals surface area contributed by atoms with Gasteiger partial charge in [-0.15, -0.1) is 11.3 Å². The monoisotopic (exact) mass is 412 g/mol. The third-order valence-electron chi connectivity index (χ3n) is 4.22. The number of rotatable bonds is 5. The van der Waals surface area contributed by atoms with Gasteiger partial charge in [-0.2, -0.15) is 0 Å². The number of halogens is 1. The lowest BCUT2D eigenvalue weighted by molar-refractivity contribution is 0.415. The highest BCUT2D eigenvalue weighted by Gasteiger charge is 2.14. The fourth-order valence-corrected chi connectivity index (χ4v) is 4.14. The highest BCUT2D eigenvalue weighted by molar-refractivity contribution is 9.11. The van der Waals surface area contributed by atoms with Gasteiger partial charge in [-0.05, 0) is 69.3 Å². The third-order valence-corrected chi connectivity index (χ3v) is 6.03. The van der Waals surface area contributed by atoms with Gasteiger partial charge in [0.05, 0.1) is 28.6 Å². The van der Waals surface area contributed by atoms with E-state index in [2.05, 4.69) is 85.7 Å². The number of anilines is 1. The molecule has 2 heterocycles. The lowest BCUT2D eigenvalue weighted by Gasteiger charge is -2.27. The average molecular weight is 413 g/mol. The predicted octanol–water partition coefficient (Wildman–Crippen LogP) is 5.94. The van der Waals surface area contributed by atoms with E-state index in [1.54, 1.807) is 18.4 Å². The molecule has 2 aromatic heterocycles. The van der Waals surface area contributed by atoms with Crippen molar-refractivity contribution in [3.8, 4) is 5.75 Å². The molecular formula is C20H17BrN2OS. The summed E-state index contributed by atoms with van der Waals surface area (Å²) in [5.41, 5.74) is 3.56. The van der Waals surface area contributed by atoms with E-state index in [0.717, 1.165) is 18.0 Å². The van der Waals surface area contributed by atoms with Gasteiger partial charge in [0.2, 0.25) is 0 Å². The molecule has 0 fully saturated rings. The molecule has 5 heteroatoms. The van der Waals surface area contributed by atoms with Crippen LogP contribution in [0, 0.1) is 0 Å². The normalized spacial score (nSPS) is 11.0. The molecule has 25 heavy (non-hydrogen) atoms. The summed E-state index contributed by atoms with van der Waals surface area (Å²) in [6, 6.07) is 20.9. The first-order valence-electron chi connectivity index (χ1n) is 7.96. The maximum absolute atomic E-state index is 5.30. The minimum absolute atomic E-state index is 0.773. The molecule has 0 saturated carbocycles. The standard InChI is InChI=1S/C20H17BrN2OS/c1-24-18-8-6-17(7-9-18)23(14-16-11-13-25-20(16)21)22-12-10-15-4-2-3-5-19(15)22/h2-13H,14H2,1H3. The Balaban J connectivity index is 1.81. The van der Waals surface area contributed by atoms with Crippen molar-refractivity contribution in [2.45, 2.75) is 6.54 Å². The second-order valence-corrected chi connectivity index (χ2v) is 7.93. The molecule has 126 valence electrons. The minimum Gasteiger partial charge on any atom is -0.497 e. The maximum atomic E-state index is 5.30. The van der Waals surface area contributed by atoms with E-state index < -0.39 is 0 Å². The van der Waals surface area contributed by atoms with Crippen LogP contribution in [0.1, 0.15) is 5.56 Å². The quantitative estimate of drug-likeness (QED) is 0.403. The molecule has 0 amide bonds. The van der Waals surface area contributed by atoms with Crippen LogP contribution in [0.15, 0.2) is 76.0 Å². The van der Waals surface area contributed by atoms with E-state index in [1.807, 2.05) is 12.1 Å². The molecule has 0 aliphatic carbocycles. The van der Waals surface area contributed by atoms with Crippen molar-refractivity contribution in [3.63, 3.8) is 0 Å². The van der Waals surface area contributed by atoms with Crippen LogP contribution in [0.4, 0.5) is 5.69 Å². The number of fused-ring (bicyclic) bond motifs is 1. The smallest absolute Gasteiger partial charge is 0.119 e. The van der Waals surface area contributed by atoms with Crippen molar-refractivity contribution in [2.75, 3.05) is 12.1 Å². The number of methoxy groups -OCH3 is 1. The van der Waals surface area contributed by atoms with Gasteiger partial charge in [0, 0.05) is 11.6 Å². The van der Waals surface area contributed by atoms with Crippen molar-refractivity contribution >= 4 is 43.9 Å². The zero-order valence-corrected chi connectivity index (χ0v) is 16.1. The third kappa shape index (κ3) is 3.17. The van der Waals surface area contributed by atoms with E-state index in [4.69, 9.17) is 4.74 Å². The Morgan fingerprint density at radius 3 is 2.56 bits per heavy atom. The number of nitrogens with zero attached hydrogens (tertiary/aromatic N) is 2. The highest BCUT2D eigenvalue weighted by atomic mass is 79.9. The van der Waals surface area contributed by atoms with E-state index in [1.165, 1.54) is 20.3 Å². The van der Waals surface area contributed by atoms with Crippen LogP contribution in [-0.4, -0.2) is 11.8 Å². The van der Waals surface area contributed by atoms with Gasteiger partial charge in [0.15, 0.2) is 0 Å². The molecule has 3 nitrogen and oxygen atoms in total. The Bertz CT molecular complexity index is 990. The molecule has 4 rings (SSSR count). The Morgan fingerprint density at radius 1 is 1.04 bits per heavy atom. The van der Waals surface area contributed by atoms with Crippen LogP contribution < -0.4 is 9.75 Å². The fourth-order valence-electron chi connectivity index (χ4n) is 2.92. The second-order valence-electron chi connectivity index (χ2n) is 5.69. The highest BCUT2D eigenvalue weighted by Crippen LogP contribution is 2.29. The number of hydrogen-bond acceptors (Lipinski definition) is 3. The molecule has 0 N–H and O–H groups in total. The summed E-state index contributed by atoms with van der Waals surface area (Å²) in [6.45, 7) is 0.773. The van der Waals surface area contributed by atoms with E-state index in [0.29, 0.717) is 0 Å². The van der Waals surface area contributed by atoms with Gasteiger partial charge in [-0.3, -0.25) is 9.69 Å². The SMILES string of the molecule is COc1ccc(N(Cc2ccsc2Br)n2ccc3ccccc32)cc1. The van der Waals surface area contributed by atoms with E-state index in [9.17, 15) is 0 Å². The molecule has 4 aromatic rings. The maximum Gasteiger partial charge on any atom is 0.119 e. The minimum atomic E-state index is 0.773. The van der Waals surface area contributed by atoms with Gasteiger partial charge in [-0.1, -0.05) is 18.2 Å². The number of thiophene rings is 1. The van der Waals surface area contributed by atoms with Gasteiger partial charge in [-0.25, -0.2) is 0 Å². The largest absolute Gasteiger partial charge is 0.497 e. The van der Waals surface area contributed by atoms with Gasteiger partial charge in [0.25, 0.3) is 0 Å². The Kier molecular flexibility index (Phi) is 4.51. The molecule has 0 saturated heterocycles. The summed E-state index contributed by atoms with van der Waals surface area (Å²) in [5.74, 6) is 0.859. The van der Waals surface area contributed by atoms with Crippen LogP contribution in [-0.2, 0) is 6.54 Å². The number of hydrogen-bond donors (Lipinski definition) is 0. The Morgan fingerprint density at radius 2 is 1.84 bits per heavy atom. The Labute approximate surface area is 159 Å². The van der Waals surface area contributed by atoms with Crippen LogP contribution in [0.25, 0.3) is 10.9 Å². The topological polar surface area (TPSA) is 17.4 Å². The van der Waals surface area contributed by atoms with Gasteiger partial charge >= 0.3 is 0 Å². The molecular weight excluding hydrogens is 396 g/mol. The number of aromatic nitrogens is 1. The first-order chi connectivity index (χ1) is 12.3. The van der Waals surface area contributed by atoms with Crippen molar-refractivity contribution in [1.82, 2.24) is 4.68 Å². The van der Waals surface area contributed by atoms with Gasteiger partial charge < -0.3 is 4.74 Å². The van der Waals surface area contributed by atoms with Gasteiger partial charge in [0.1, 0.15) is 5.75 Å². The van der Waals surface area contributed by atoms with Crippen LogP contribution >= 0.6 is 27.3 Å². The second kappa shape index (κ2) is 6.94. The van der Waals surface area contributed by atoms with Crippen molar-refractivity contribution in [2.24, 2.45) is 0 Å². The molecule has 0 spiro atoms. The lowest BCUT2D eigenvalue weighted by Crippen LogP contribution is -2.28. The summed E-state index contributed by atoms with van der Waals surface area (Å²) >= 11 is 5.38. The predicted molar refractivity (Wildman–Crippen MR) is 109 cm³/mol. The van der Waals surface area contributed by atoms with Crippen molar-refractivity contribution < 1.29 is 4.74 Å². The first-order valence-corrected chi connectivity index (χ1v) is 9.63. The summed E-state index contributed by atoms with van der Waals surface area (Å²) < 4.78 is 8.68. The van der Waals surface area contributed by atoms with Crippen molar-refractivity contribution in [1.29, 1.82) is 0 Å². The zero-order chi connectivity index (χ0) is 17.2. The molecule has 0 bridgehead atoms. The van der Waals surface area contributed by atoms with E-state index in [-0.39, 0.29) is 0 Å². The first kappa shape index (κ1) is 16.2. The van der Waals surface area contributed by atoms with Crippen LogP contribution in [0.5, 0.6) is 5.75 Å². The summed E-state index contributed by atoms with van der Waals surface area (Å²) in [4.78, 5) is 0. The fraction of sp³-hybridized carbons (Fsp3) is 0.100. The summed E-state index contributed by atoms with van der Waals surface area (Å²) in [6.07, 6.45) is 2.12. The van der Waals surface area contributed by atoms with Crippen LogP contribution in [0.2, 0.25) is 0 Å². The molecule has 2 aromatic carbocycles. The molecule has 0 unspecified atom stereocenters. The Hall–Kier alpha value is -2.24. The van der Waals surface area contributed by atoms with Crippen molar-refractivity contribution in [3.05, 3.63) is 81.6 Å². The average Bonchev–Trinajstić information content (AvgIpc) is 3.26. The molecule has 0 radical (unpaired) electrons. The summed E-state index contributed by atoms with van der Waals surface area (Å²) in [5, 5.41) is 5.61. The van der Waals surface area contributed by atoms with E-state index >= 15 is 0 Å². The zero-order valence-electron chi connectivity index (χ0n) is 13.7. The molecule has 0 atom stereocenters. The lowest BCUT2D eigenvalue weighted by atomic mass is 10.2. The number of benzene rings is 2.